The van der Waals surface area contributed by atoms with E-state index >= 15 is 0 Å². The Morgan fingerprint density at radius 2 is 1.93 bits per heavy atom. The van der Waals surface area contributed by atoms with E-state index in [4.69, 9.17) is 10.2 Å². The van der Waals surface area contributed by atoms with Crippen molar-refractivity contribution < 1.29 is 9.21 Å². The summed E-state index contributed by atoms with van der Waals surface area (Å²) in [5.74, 6) is 1.40. The Kier molecular flexibility index (Phi) is 8.06. The number of nitriles is 1. The number of benzene rings is 3. The van der Waals surface area contributed by atoms with Crippen molar-refractivity contribution in [2.75, 3.05) is 12.3 Å². The SMILES string of the molecule is CCSc1cccc(-c2cc(C(=O)N3CCCC3C)cc(-c3nnc([C@](C)(N)Cc4ccccc4)o3)c2)c1C#N. The average Bonchev–Trinajstić information content (AvgIpc) is 3.63. The summed E-state index contributed by atoms with van der Waals surface area (Å²) in [6.07, 6.45) is 2.49. The first-order valence-electron chi connectivity index (χ1n) is 13.6. The topological polar surface area (TPSA) is 109 Å². The predicted octanol–water partition coefficient (Wildman–Crippen LogP) is 6.43. The van der Waals surface area contributed by atoms with Crippen molar-refractivity contribution in [2.45, 2.75) is 56.5 Å². The van der Waals surface area contributed by atoms with Crippen LogP contribution in [0.15, 0.2) is 76.0 Å². The summed E-state index contributed by atoms with van der Waals surface area (Å²) in [4.78, 5) is 16.5. The molecule has 3 aromatic carbocycles. The lowest BCUT2D eigenvalue weighted by molar-refractivity contribution is 0.0747. The molecule has 0 saturated carbocycles. The molecule has 1 aliphatic heterocycles. The Morgan fingerprint density at radius 3 is 2.62 bits per heavy atom. The summed E-state index contributed by atoms with van der Waals surface area (Å²) >= 11 is 1.62. The number of aromatic nitrogens is 2. The molecule has 7 nitrogen and oxygen atoms in total. The highest BCUT2D eigenvalue weighted by Gasteiger charge is 2.30. The van der Waals surface area contributed by atoms with Gasteiger partial charge in [0.25, 0.3) is 5.91 Å². The standard InChI is InChI=1S/C32H33N5O2S/c1-4-40-28-14-8-13-26(27(28)20-33)23-16-24(18-25(17-23)30(38)37-15-9-10-21(37)2)29-35-36-31(39-29)32(3,34)19-22-11-6-5-7-12-22/h5-8,11-14,16-18,21H,4,9-10,15,19,34H2,1-3H3/t21?,32-/m1/s1. The van der Waals surface area contributed by atoms with Crippen LogP contribution in [0.5, 0.6) is 0 Å². The number of carbonyl (C=O) groups excluding carboxylic acids is 1. The van der Waals surface area contributed by atoms with Crippen LogP contribution >= 0.6 is 11.8 Å². The number of nitrogens with two attached hydrogens (primary N) is 1. The molecule has 1 saturated heterocycles. The van der Waals surface area contributed by atoms with E-state index in [1.165, 1.54) is 0 Å². The van der Waals surface area contributed by atoms with Gasteiger partial charge in [0, 0.05) is 34.2 Å². The van der Waals surface area contributed by atoms with Gasteiger partial charge in [-0.1, -0.05) is 49.4 Å². The van der Waals surface area contributed by atoms with Crippen LogP contribution in [0.4, 0.5) is 0 Å². The molecule has 1 unspecified atom stereocenters. The summed E-state index contributed by atoms with van der Waals surface area (Å²) in [6, 6.07) is 23.9. The molecule has 1 fully saturated rings. The van der Waals surface area contributed by atoms with Gasteiger partial charge < -0.3 is 15.1 Å². The molecule has 0 spiro atoms. The molecular formula is C32H33N5O2S. The Balaban J connectivity index is 1.59. The van der Waals surface area contributed by atoms with Crippen molar-refractivity contribution in [3.8, 4) is 28.7 Å². The fraction of sp³-hybridized carbons (Fsp3) is 0.312. The lowest BCUT2D eigenvalue weighted by atomic mass is 9.94. The molecule has 5 rings (SSSR count). The second-order valence-corrected chi connectivity index (χ2v) is 11.8. The third-order valence-corrected chi connectivity index (χ3v) is 8.26. The molecule has 2 heterocycles. The second-order valence-electron chi connectivity index (χ2n) is 10.5. The number of nitrogens with zero attached hydrogens (tertiary/aromatic N) is 4. The van der Waals surface area contributed by atoms with Gasteiger partial charge in [-0.15, -0.1) is 22.0 Å². The van der Waals surface area contributed by atoms with Gasteiger partial charge in [-0.3, -0.25) is 4.79 Å². The summed E-state index contributed by atoms with van der Waals surface area (Å²) in [7, 11) is 0. The molecule has 8 heteroatoms. The van der Waals surface area contributed by atoms with E-state index in [0.29, 0.717) is 29.0 Å². The van der Waals surface area contributed by atoms with Crippen LogP contribution in [0.25, 0.3) is 22.6 Å². The molecule has 4 aromatic rings. The Morgan fingerprint density at radius 1 is 1.15 bits per heavy atom. The maximum Gasteiger partial charge on any atom is 0.254 e. The summed E-state index contributed by atoms with van der Waals surface area (Å²) in [5, 5.41) is 18.7. The normalized spacial score (nSPS) is 16.5. The monoisotopic (exact) mass is 551 g/mol. The van der Waals surface area contributed by atoms with E-state index in [1.54, 1.807) is 17.8 Å². The van der Waals surface area contributed by atoms with Crippen molar-refractivity contribution in [1.82, 2.24) is 15.1 Å². The maximum absolute atomic E-state index is 13.7. The lowest BCUT2D eigenvalue weighted by Gasteiger charge is -2.22. The Labute approximate surface area is 239 Å². The molecular weight excluding hydrogens is 518 g/mol. The van der Waals surface area contributed by atoms with Crippen LogP contribution in [0.2, 0.25) is 0 Å². The van der Waals surface area contributed by atoms with Crippen molar-refractivity contribution in [3.63, 3.8) is 0 Å². The zero-order chi connectivity index (χ0) is 28.3. The van der Waals surface area contributed by atoms with E-state index in [9.17, 15) is 10.1 Å². The number of likely N-dealkylation sites (tertiary alicyclic amines) is 1. The molecule has 40 heavy (non-hydrogen) atoms. The van der Waals surface area contributed by atoms with Gasteiger partial charge in [0.05, 0.1) is 11.1 Å². The van der Waals surface area contributed by atoms with E-state index in [1.807, 2.05) is 72.5 Å². The highest BCUT2D eigenvalue weighted by atomic mass is 32.2. The van der Waals surface area contributed by atoms with Gasteiger partial charge in [-0.25, -0.2) is 0 Å². The summed E-state index contributed by atoms with van der Waals surface area (Å²) in [6.45, 7) is 6.73. The van der Waals surface area contributed by atoms with Crippen molar-refractivity contribution >= 4 is 17.7 Å². The molecule has 2 atom stereocenters. The molecule has 1 aromatic heterocycles. The molecule has 0 bridgehead atoms. The first kappa shape index (κ1) is 27.6. The fourth-order valence-electron chi connectivity index (χ4n) is 5.26. The van der Waals surface area contributed by atoms with Gasteiger partial charge in [0.2, 0.25) is 11.8 Å². The van der Waals surface area contributed by atoms with Gasteiger partial charge in [-0.05, 0) is 74.3 Å². The van der Waals surface area contributed by atoms with Crippen LogP contribution in [0, 0.1) is 11.3 Å². The highest BCUT2D eigenvalue weighted by molar-refractivity contribution is 7.99. The highest BCUT2D eigenvalue weighted by Crippen LogP contribution is 2.35. The zero-order valence-corrected chi connectivity index (χ0v) is 23.9. The summed E-state index contributed by atoms with van der Waals surface area (Å²) < 4.78 is 6.16. The van der Waals surface area contributed by atoms with Gasteiger partial charge >= 0.3 is 0 Å². The first-order valence-corrected chi connectivity index (χ1v) is 14.6. The largest absolute Gasteiger partial charge is 0.419 e. The molecule has 1 amide bonds. The zero-order valence-electron chi connectivity index (χ0n) is 23.1. The molecule has 0 aliphatic carbocycles. The third-order valence-electron chi connectivity index (χ3n) is 7.32. The number of hydrogen-bond acceptors (Lipinski definition) is 7. The fourth-order valence-corrected chi connectivity index (χ4v) is 6.05. The number of rotatable bonds is 8. The number of thioether (sulfide) groups is 1. The molecule has 2 N–H and O–H groups in total. The van der Waals surface area contributed by atoms with Crippen molar-refractivity contribution in [1.29, 1.82) is 5.26 Å². The maximum atomic E-state index is 13.7. The minimum atomic E-state index is -0.881. The number of hydrogen-bond donors (Lipinski definition) is 1. The van der Waals surface area contributed by atoms with Crippen LogP contribution in [-0.4, -0.2) is 39.3 Å². The minimum Gasteiger partial charge on any atom is -0.419 e. The third kappa shape index (κ3) is 5.67. The van der Waals surface area contributed by atoms with Crippen LogP contribution in [0.3, 0.4) is 0 Å². The molecule has 204 valence electrons. The van der Waals surface area contributed by atoms with E-state index < -0.39 is 5.54 Å². The lowest BCUT2D eigenvalue weighted by Crippen LogP contribution is -2.35. The smallest absolute Gasteiger partial charge is 0.254 e. The Hall–Kier alpha value is -3.93. The minimum absolute atomic E-state index is 0.0434. The quantitative estimate of drug-likeness (QED) is 0.251. The summed E-state index contributed by atoms with van der Waals surface area (Å²) in [5.41, 5.74) is 10.1. The molecule has 1 aliphatic rings. The van der Waals surface area contributed by atoms with Gasteiger partial charge in [0.15, 0.2) is 0 Å². The Bertz CT molecular complexity index is 1560. The number of carbonyl (C=O) groups is 1. The van der Waals surface area contributed by atoms with E-state index in [-0.39, 0.29) is 17.8 Å². The second kappa shape index (κ2) is 11.7. The van der Waals surface area contributed by atoms with E-state index in [0.717, 1.165) is 46.7 Å². The molecule has 0 radical (unpaired) electrons. The first-order chi connectivity index (χ1) is 19.3. The van der Waals surface area contributed by atoms with Crippen molar-refractivity contribution in [2.24, 2.45) is 5.73 Å². The van der Waals surface area contributed by atoms with Crippen LogP contribution in [0.1, 0.15) is 61.0 Å². The van der Waals surface area contributed by atoms with E-state index in [2.05, 4.69) is 30.1 Å². The van der Waals surface area contributed by atoms with Gasteiger partial charge in [-0.2, -0.15) is 5.26 Å². The average molecular weight is 552 g/mol. The van der Waals surface area contributed by atoms with Crippen LogP contribution < -0.4 is 5.73 Å². The van der Waals surface area contributed by atoms with Gasteiger partial charge in [0.1, 0.15) is 6.07 Å². The predicted molar refractivity (Wildman–Crippen MR) is 158 cm³/mol. The van der Waals surface area contributed by atoms with Crippen molar-refractivity contribution in [3.05, 3.63) is 89.3 Å². The van der Waals surface area contributed by atoms with Crippen LogP contribution in [-0.2, 0) is 12.0 Å². The number of amides is 1.